The van der Waals surface area contributed by atoms with Crippen LogP contribution >= 0.6 is 11.8 Å². The number of thioether (sulfide) groups is 1. The van der Waals surface area contributed by atoms with E-state index in [4.69, 9.17) is 5.73 Å². The fraction of sp³-hybridized carbons (Fsp3) is 0.0833. The van der Waals surface area contributed by atoms with Crippen LogP contribution in [0.5, 0.6) is 0 Å². The average molecular weight is 286 g/mol. The second-order valence-electron chi connectivity index (χ2n) is 4.02. The number of anilines is 1. The van der Waals surface area contributed by atoms with Crippen molar-refractivity contribution in [2.24, 2.45) is 0 Å². The van der Waals surface area contributed by atoms with Gasteiger partial charge in [0.2, 0.25) is 5.95 Å². The van der Waals surface area contributed by atoms with E-state index >= 15 is 0 Å². The largest absolute Gasteiger partial charge is 0.691 e. The molecule has 100 valence electrons. The van der Waals surface area contributed by atoms with Crippen molar-refractivity contribution in [3.05, 3.63) is 47.3 Å². The lowest BCUT2D eigenvalue weighted by atomic mass is 10.2. The summed E-state index contributed by atoms with van der Waals surface area (Å²) in [4.78, 5) is 8.49. The van der Waals surface area contributed by atoms with Gasteiger partial charge in [0.1, 0.15) is 11.4 Å². The zero-order valence-electron chi connectivity index (χ0n) is 10.3. The van der Waals surface area contributed by atoms with Gasteiger partial charge in [0.15, 0.2) is 10.5 Å². The minimum absolute atomic E-state index is 0.112. The van der Waals surface area contributed by atoms with Crippen LogP contribution in [0.4, 0.5) is 5.95 Å². The van der Waals surface area contributed by atoms with Crippen molar-refractivity contribution in [2.75, 3.05) is 5.73 Å². The van der Waals surface area contributed by atoms with Crippen molar-refractivity contribution in [3.63, 3.8) is 0 Å². The van der Waals surface area contributed by atoms with Crippen molar-refractivity contribution in [1.82, 2.24) is 20.3 Å². The van der Waals surface area contributed by atoms with Crippen molar-refractivity contribution in [3.8, 4) is 0 Å². The molecule has 0 aliphatic heterocycles. The van der Waals surface area contributed by atoms with Crippen LogP contribution in [0.3, 0.4) is 0 Å². The van der Waals surface area contributed by atoms with E-state index in [0.29, 0.717) is 20.9 Å². The first-order valence-electron chi connectivity index (χ1n) is 5.79. The highest BCUT2D eigenvalue weighted by Crippen LogP contribution is 2.26. The number of hydrogen-bond donors (Lipinski definition) is 1. The molecule has 3 aromatic rings. The zero-order valence-corrected chi connectivity index (χ0v) is 11.1. The summed E-state index contributed by atoms with van der Waals surface area (Å²) in [5, 5.41) is 19.0. The summed E-state index contributed by atoms with van der Waals surface area (Å²) in [7, 11) is 0. The standard InChI is InChI=1S/C12H10N6OS/c13-12-14-9-6-18(19)17-16-10(9)11(15-12)20-7-8-4-2-1-3-5-8/h1-6H,7H2,(H2,13,14,15). The first-order valence-corrected chi connectivity index (χ1v) is 6.78. The van der Waals surface area contributed by atoms with Gasteiger partial charge in [0.05, 0.1) is 5.10 Å². The number of nitrogen functional groups attached to an aromatic ring is 1. The summed E-state index contributed by atoms with van der Waals surface area (Å²) >= 11 is 1.48. The smallest absolute Gasteiger partial charge is 0.264 e. The monoisotopic (exact) mass is 286 g/mol. The van der Waals surface area contributed by atoms with E-state index in [2.05, 4.69) is 20.3 Å². The molecule has 0 unspecified atom stereocenters. The topological polar surface area (TPSA) is 105 Å². The second-order valence-corrected chi connectivity index (χ2v) is 4.98. The van der Waals surface area contributed by atoms with Gasteiger partial charge in [0, 0.05) is 5.75 Å². The van der Waals surface area contributed by atoms with Gasteiger partial charge >= 0.3 is 0 Å². The van der Waals surface area contributed by atoms with Gasteiger partial charge in [-0.15, -0.1) is 4.85 Å². The number of aromatic nitrogens is 5. The Bertz CT molecular complexity index is 746. The van der Waals surface area contributed by atoms with E-state index in [0.717, 1.165) is 11.3 Å². The Balaban J connectivity index is 1.94. The lowest BCUT2D eigenvalue weighted by molar-refractivity contribution is -0.673. The molecule has 0 aliphatic carbocycles. The summed E-state index contributed by atoms with van der Waals surface area (Å²) in [6.45, 7) is 0. The normalized spacial score (nSPS) is 10.8. The van der Waals surface area contributed by atoms with Gasteiger partial charge in [-0.25, -0.2) is 9.97 Å². The molecule has 2 N–H and O–H groups in total. The molecular formula is C12H10N6OS. The van der Waals surface area contributed by atoms with Crippen LogP contribution in [-0.4, -0.2) is 20.3 Å². The third-order valence-electron chi connectivity index (χ3n) is 2.58. The average Bonchev–Trinajstić information content (AvgIpc) is 2.45. The maximum absolute atomic E-state index is 11.1. The van der Waals surface area contributed by atoms with Crippen LogP contribution in [0.25, 0.3) is 11.0 Å². The molecule has 0 amide bonds. The molecular weight excluding hydrogens is 276 g/mol. The molecule has 0 spiro atoms. The summed E-state index contributed by atoms with van der Waals surface area (Å²) in [5.74, 6) is 0.835. The van der Waals surface area contributed by atoms with Crippen LogP contribution < -0.4 is 10.6 Å². The molecule has 7 nitrogen and oxygen atoms in total. The molecule has 3 rings (SSSR count). The van der Waals surface area contributed by atoms with Gasteiger partial charge in [-0.3, -0.25) is 0 Å². The molecule has 2 heterocycles. The molecule has 0 aliphatic rings. The number of nitrogens with two attached hydrogens (primary N) is 1. The van der Waals surface area contributed by atoms with Crippen LogP contribution in [0, 0.1) is 5.21 Å². The van der Waals surface area contributed by atoms with Crippen molar-refractivity contribution >= 4 is 28.7 Å². The van der Waals surface area contributed by atoms with Crippen molar-refractivity contribution in [2.45, 2.75) is 10.8 Å². The molecule has 0 fully saturated rings. The van der Waals surface area contributed by atoms with Crippen LogP contribution in [0.2, 0.25) is 0 Å². The highest BCUT2D eigenvalue weighted by molar-refractivity contribution is 7.98. The Morgan fingerprint density at radius 1 is 1.20 bits per heavy atom. The molecule has 0 radical (unpaired) electrons. The van der Waals surface area contributed by atoms with Gasteiger partial charge < -0.3 is 10.9 Å². The van der Waals surface area contributed by atoms with E-state index in [1.165, 1.54) is 18.0 Å². The first-order chi connectivity index (χ1) is 9.72. The SMILES string of the molecule is Nc1nc(SCc2ccccc2)c2nn[n+]([O-])cc2n1. The molecule has 0 atom stereocenters. The Kier molecular flexibility index (Phi) is 3.30. The minimum Gasteiger partial charge on any atom is -0.691 e. The fourth-order valence-electron chi connectivity index (χ4n) is 1.70. The maximum Gasteiger partial charge on any atom is 0.264 e. The summed E-state index contributed by atoms with van der Waals surface area (Å²) in [5.41, 5.74) is 7.67. The first kappa shape index (κ1) is 12.5. The Hall–Kier alpha value is -2.48. The maximum atomic E-state index is 11.1. The highest BCUT2D eigenvalue weighted by atomic mass is 32.2. The number of fused-ring (bicyclic) bond motifs is 1. The van der Waals surface area contributed by atoms with E-state index < -0.39 is 0 Å². The van der Waals surface area contributed by atoms with Crippen molar-refractivity contribution < 1.29 is 4.85 Å². The predicted octanol–water partition coefficient (Wildman–Crippen LogP) is 0.928. The molecule has 2 aromatic heterocycles. The van der Waals surface area contributed by atoms with E-state index in [-0.39, 0.29) is 5.95 Å². The lowest BCUT2D eigenvalue weighted by Gasteiger charge is -2.03. The number of nitrogens with zero attached hydrogens (tertiary/aromatic N) is 5. The van der Waals surface area contributed by atoms with E-state index in [1.54, 1.807) is 0 Å². The van der Waals surface area contributed by atoms with Crippen LogP contribution in [0.15, 0.2) is 41.6 Å². The van der Waals surface area contributed by atoms with Crippen LogP contribution in [-0.2, 0) is 5.75 Å². The Morgan fingerprint density at radius 3 is 2.80 bits per heavy atom. The highest BCUT2D eigenvalue weighted by Gasteiger charge is 2.14. The Labute approximate surface area is 118 Å². The van der Waals surface area contributed by atoms with Gasteiger partial charge in [-0.2, -0.15) is 0 Å². The number of rotatable bonds is 3. The molecule has 0 bridgehead atoms. The molecule has 1 aromatic carbocycles. The molecule has 0 saturated carbocycles. The molecule has 8 heteroatoms. The van der Waals surface area contributed by atoms with E-state index in [1.807, 2.05) is 30.3 Å². The fourth-order valence-corrected chi connectivity index (χ4v) is 2.63. The third-order valence-corrected chi connectivity index (χ3v) is 3.62. The van der Waals surface area contributed by atoms with Gasteiger partial charge in [-0.05, 0) is 5.56 Å². The quantitative estimate of drug-likeness (QED) is 0.330. The Morgan fingerprint density at radius 2 is 2.00 bits per heavy atom. The number of hydrogen-bond acceptors (Lipinski definition) is 7. The summed E-state index contributed by atoms with van der Waals surface area (Å²) < 4.78 is 0. The van der Waals surface area contributed by atoms with Gasteiger partial charge in [-0.1, -0.05) is 42.1 Å². The van der Waals surface area contributed by atoms with Gasteiger partial charge in [0.25, 0.3) is 5.52 Å². The van der Waals surface area contributed by atoms with Crippen molar-refractivity contribution in [1.29, 1.82) is 0 Å². The van der Waals surface area contributed by atoms with Crippen LogP contribution in [0.1, 0.15) is 5.56 Å². The summed E-state index contributed by atoms with van der Waals surface area (Å²) in [6, 6.07) is 9.96. The molecule has 20 heavy (non-hydrogen) atoms. The molecule has 0 saturated heterocycles. The minimum atomic E-state index is 0.112. The zero-order chi connectivity index (χ0) is 13.9. The number of benzene rings is 1. The lowest BCUT2D eigenvalue weighted by Crippen LogP contribution is -2.31. The third kappa shape index (κ3) is 2.59. The second kappa shape index (κ2) is 5.25. The van der Waals surface area contributed by atoms with E-state index in [9.17, 15) is 5.21 Å². The summed E-state index contributed by atoms with van der Waals surface area (Å²) in [6.07, 6.45) is 1.23. The predicted molar refractivity (Wildman–Crippen MR) is 74.5 cm³/mol.